The van der Waals surface area contributed by atoms with Crippen LogP contribution < -0.4 is 5.73 Å². The van der Waals surface area contributed by atoms with Crippen LogP contribution in [-0.2, 0) is 25.5 Å². The molecule has 8 nitrogen and oxygen atoms in total. The molecule has 0 radical (unpaired) electrons. The van der Waals surface area contributed by atoms with Crippen molar-refractivity contribution in [3.05, 3.63) is 35.9 Å². The number of aromatic hydroxyl groups is 2. The molecule has 1 heterocycles. The van der Waals surface area contributed by atoms with Crippen LogP contribution in [0.15, 0.2) is 30.4 Å². The Morgan fingerprint density at radius 2 is 1.83 bits per heavy atom. The fourth-order valence-corrected chi connectivity index (χ4v) is 2.29. The van der Waals surface area contributed by atoms with Crippen molar-refractivity contribution in [1.29, 1.82) is 0 Å². The Morgan fingerprint density at radius 1 is 1.25 bits per heavy atom. The van der Waals surface area contributed by atoms with E-state index in [1.807, 2.05) is 0 Å². The van der Waals surface area contributed by atoms with Crippen LogP contribution in [0.5, 0.6) is 11.5 Å². The van der Waals surface area contributed by atoms with Crippen molar-refractivity contribution in [2.24, 2.45) is 5.73 Å². The van der Waals surface area contributed by atoms with E-state index in [1.54, 1.807) is 0 Å². The zero-order valence-corrected chi connectivity index (χ0v) is 13.2. The van der Waals surface area contributed by atoms with E-state index in [1.165, 1.54) is 32.0 Å². The van der Waals surface area contributed by atoms with E-state index in [0.717, 1.165) is 17.1 Å². The maximum atomic E-state index is 12.3. The predicted octanol–water partition coefficient (Wildman–Crippen LogP) is 0.172. The third-order valence-electron chi connectivity index (χ3n) is 3.56. The fourth-order valence-electron chi connectivity index (χ4n) is 2.29. The van der Waals surface area contributed by atoms with Crippen LogP contribution in [0.3, 0.4) is 0 Å². The van der Waals surface area contributed by atoms with Crippen LogP contribution in [-0.4, -0.2) is 44.7 Å². The topological polar surface area (TPSA) is 130 Å². The van der Waals surface area contributed by atoms with Gasteiger partial charge in [-0.1, -0.05) is 6.07 Å². The molecule has 0 bridgehead atoms. The number of amides is 2. The highest BCUT2D eigenvalue weighted by Gasteiger charge is 2.36. The monoisotopic (exact) mass is 334 g/mol. The Kier molecular flexibility index (Phi) is 4.61. The number of hydrogen-bond donors (Lipinski definition) is 3. The first kappa shape index (κ1) is 17.5. The summed E-state index contributed by atoms with van der Waals surface area (Å²) in [6.07, 6.45) is 1.11. The molecule has 0 aliphatic carbocycles. The number of rotatable bonds is 5. The summed E-state index contributed by atoms with van der Waals surface area (Å²) in [6.45, 7) is 2.82. The van der Waals surface area contributed by atoms with Crippen LogP contribution in [0.2, 0.25) is 0 Å². The normalized spacial score (nSPS) is 17.7. The van der Waals surface area contributed by atoms with Gasteiger partial charge in [0.2, 0.25) is 0 Å². The summed E-state index contributed by atoms with van der Waals surface area (Å²) >= 11 is 0. The van der Waals surface area contributed by atoms with Crippen LogP contribution in [0.1, 0.15) is 19.4 Å². The molecule has 1 aliphatic heterocycles. The van der Waals surface area contributed by atoms with Gasteiger partial charge in [-0.3, -0.25) is 9.59 Å². The Balaban J connectivity index is 2.05. The minimum Gasteiger partial charge on any atom is -0.504 e. The molecule has 0 aromatic heterocycles. The van der Waals surface area contributed by atoms with Gasteiger partial charge in [0.25, 0.3) is 11.8 Å². The molecule has 24 heavy (non-hydrogen) atoms. The number of ether oxygens (including phenoxy) is 1. The summed E-state index contributed by atoms with van der Waals surface area (Å²) in [5, 5.41) is 18.8. The van der Waals surface area contributed by atoms with Crippen molar-refractivity contribution < 1.29 is 29.3 Å². The molecule has 0 saturated carbocycles. The highest BCUT2D eigenvalue weighted by atomic mass is 16.6. The molecule has 2 rings (SSSR count). The van der Waals surface area contributed by atoms with Gasteiger partial charge in [0, 0.05) is 18.6 Å². The lowest BCUT2D eigenvalue weighted by atomic mass is 9.94. The van der Waals surface area contributed by atoms with E-state index in [2.05, 4.69) is 0 Å². The predicted molar refractivity (Wildman–Crippen MR) is 82.6 cm³/mol. The number of nitrogens with zero attached hydrogens (tertiary/aromatic N) is 1. The van der Waals surface area contributed by atoms with Gasteiger partial charge < -0.3 is 20.7 Å². The summed E-state index contributed by atoms with van der Waals surface area (Å²) in [4.78, 5) is 36.2. The van der Waals surface area contributed by atoms with Crippen molar-refractivity contribution in [2.45, 2.75) is 32.0 Å². The Labute approximate surface area is 138 Å². The van der Waals surface area contributed by atoms with Gasteiger partial charge in [0.15, 0.2) is 17.7 Å². The lowest BCUT2D eigenvalue weighted by molar-refractivity contribution is -0.168. The lowest BCUT2D eigenvalue weighted by Crippen LogP contribution is -2.51. The number of esters is 1. The number of phenols is 2. The molecule has 2 amide bonds. The summed E-state index contributed by atoms with van der Waals surface area (Å²) in [6, 6.07) is 4.07. The van der Waals surface area contributed by atoms with Crippen LogP contribution in [0, 0.1) is 0 Å². The number of imide groups is 1. The molecule has 4 N–H and O–H groups in total. The number of hydrogen-bond acceptors (Lipinski definition) is 7. The molecule has 0 saturated heterocycles. The third-order valence-corrected chi connectivity index (χ3v) is 3.56. The molecule has 128 valence electrons. The minimum absolute atomic E-state index is 0.0204. The summed E-state index contributed by atoms with van der Waals surface area (Å²) in [5.74, 6) is -2.56. The first-order valence-electron chi connectivity index (χ1n) is 7.18. The van der Waals surface area contributed by atoms with E-state index in [-0.39, 0.29) is 17.9 Å². The van der Waals surface area contributed by atoms with Crippen molar-refractivity contribution in [2.75, 3.05) is 0 Å². The van der Waals surface area contributed by atoms with Gasteiger partial charge >= 0.3 is 5.97 Å². The average Bonchev–Trinajstić information content (AvgIpc) is 2.81. The Hall–Kier alpha value is -2.87. The van der Waals surface area contributed by atoms with Gasteiger partial charge in [-0.15, -0.1) is 0 Å². The lowest BCUT2D eigenvalue weighted by Gasteiger charge is -2.28. The standard InChI is InChI=1S/C16H18N2O6/c1-9(18-13(21)5-6-14(18)22)24-15(23)16(2,17)8-10-3-4-11(19)12(20)7-10/h3-7,9,19-20H,8,17H2,1-2H3/t9?,16-/m0/s1. The molecule has 1 aromatic carbocycles. The first-order chi connectivity index (χ1) is 11.1. The average molecular weight is 334 g/mol. The smallest absolute Gasteiger partial charge is 0.328 e. The second-order valence-corrected chi connectivity index (χ2v) is 5.80. The maximum Gasteiger partial charge on any atom is 0.328 e. The molecule has 1 aromatic rings. The van der Waals surface area contributed by atoms with E-state index in [9.17, 15) is 24.6 Å². The van der Waals surface area contributed by atoms with E-state index in [4.69, 9.17) is 10.5 Å². The van der Waals surface area contributed by atoms with E-state index < -0.39 is 29.6 Å². The molecule has 0 spiro atoms. The SMILES string of the molecule is CC(OC(=O)[C@@](C)(N)Cc1ccc(O)c(O)c1)N1C(=O)C=CC1=O. The number of carbonyl (C=O) groups is 3. The number of carbonyl (C=O) groups excluding carboxylic acids is 3. The van der Waals surface area contributed by atoms with Gasteiger partial charge in [-0.05, 0) is 31.5 Å². The molecule has 1 aliphatic rings. The number of phenolic OH excluding ortho intramolecular Hbond substituents is 2. The zero-order chi connectivity index (χ0) is 18.1. The number of nitrogens with two attached hydrogens (primary N) is 1. The van der Waals surface area contributed by atoms with Crippen molar-refractivity contribution in [3.8, 4) is 11.5 Å². The Bertz CT molecular complexity index is 707. The molecule has 1 unspecified atom stereocenters. The second-order valence-electron chi connectivity index (χ2n) is 5.80. The van der Waals surface area contributed by atoms with Crippen molar-refractivity contribution in [1.82, 2.24) is 4.90 Å². The highest BCUT2D eigenvalue weighted by molar-refractivity contribution is 6.13. The first-order valence-corrected chi connectivity index (χ1v) is 7.18. The second kappa shape index (κ2) is 6.32. The maximum absolute atomic E-state index is 12.3. The quantitative estimate of drug-likeness (QED) is 0.397. The zero-order valence-electron chi connectivity index (χ0n) is 13.2. The third kappa shape index (κ3) is 3.54. The fraction of sp³-hybridized carbons (Fsp3) is 0.312. The minimum atomic E-state index is -1.46. The molecule has 0 fully saturated rings. The highest BCUT2D eigenvalue weighted by Crippen LogP contribution is 2.26. The largest absolute Gasteiger partial charge is 0.504 e. The summed E-state index contributed by atoms with van der Waals surface area (Å²) in [5.41, 5.74) is 5.02. The van der Waals surface area contributed by atoms with Crippen LogP contribution in [0.25, 0.3) is 0 Å². The van der Waals surface area contributed by atoms with E-state index in [0.29, 0.717) is 5.56 Å². The van der Waals surface area contributed by atoms with Gasteiger partial charge in [0.1, 0.15) is 5.54 Å². The van der Waals surface area contributed by atoms with Gasteiger partial charge in [-0.25, -0.2) is 9.69 Å². The molecular weight excluding hydrogens is 316 g/mol. The molecule has 2 atom stereocenters. The van der Waals surface area contributed by atoms with Crippen molar-refractivity contribution in [3.63, 3.8) is 0 Å². The van der Waals surface area contributed by atoms with Crippen LogP contribution in [0.4, 0.5) is 0 Å². The van der Waals surface area contributed by atoms with Gasteiger partial charge in [0.05, 0.1) is 0 Å². The molecular formula is C16H18N2O6. The summed E-state index contributed by atoms with van der Waals surface area (Å²) in [7, 11) is 0. The Morgan fingerprint density at radius 3 is 2.38 bits per heavy atom. The number of benzene rings is 1. The molecule has 8 heteroatoms. The van der Waals surface area contributed by atoms with E-state index >= 15 is 0 Å². The van der Waals surface area contributed by atoms with Crippen LogP contribution >= 0.6 is 0 Å². The van der Waals surface area contributed by atoms with Gasteiger partial charge in [-0.2, -0.15) is 0 Å². The van der Waals surface area contributed by atoms with Crippen molar-refractivity contribution >= 4 is 17.8 Å². The summed E-state index contributed by atoms with van der Waals surface area (Å²) < 4.78 is 5.13.